The molecule has 6 heteroatoms. The number of fused-ring (bicyclic) bond motifs is 3. The second-order valence-corrected chi connectivity index (χ2v) is 9.37. The quantitative estimate of drug-likeness (QED) is 0.615. The van der Waals surface area contributed by atoms with Crippen LogP contribution in [0.5, 0.6) is 11.5 Å². The summed E-state index contributed by atoms with van der Waals surface area (Å²) >= 11 is 0. The summed E-state index contributed by atoms with van der Waals surface area (Å²) in [7, 11) is 0. The van der Waals surface area contributed by atoms with Crippen LogP contribution in [0.1, 0.15) is 67.4 Å². The van der Waals surface area contributed by atoms with Gasteiger partial charge in [-0.3, -0.25) is 9.69 Å². The smallest absolute Gasteiger partial charge is 0.255 e. The molecule has 0 aromatic heterocycles. The van der Waals surface area contributed by atoms with Crippen molar-refractivity contribution in [1.29, 1.82) is 0 Å². The highest BCUT2D eigenvalue weighted by atomic mass is 19.1. The van der Waals surface area contributed by atoms with Crippen LogP contribution in [0.2, 0.25) is 0 Å². The Morgan fingerprint density at radius 1 is 1.03 bits per heavy atom. The Hall–Kier alpha value is -2.60. The average molecular weight is 453 g/mol. The van der Waals surface area contributed by atoms with Gasteiger partial charge in [0.2, 0.25) is 6.79 Å². The molecule has 1 saturated heterocycles. The minimum Gasteiger partial charge on any atom is -0.454 e. The molecule has 6 rings (SSSR count). The Kier molecular flexibility index (Phi) is 6.04. The number of likely N-dealkylation sites (tertiary alicyclic amines) is 1. The predicted octanol–water partition coefficient (Wildman–Crippen LogP) is 5.33. The van der Waals surface area contributed by atoms with E-state index in [9.17, 15) is 9.18 Å². The van der Waals surface area contributed by atoms with E-state index in [0.29, 0.717) is 11.7 Å². The van der Waals surface area contributed by atoms with Crippen molar-refractivity contribution in [2.75, 3.05) is 26.4 Å². The van der Waals surface area contributed by atoms with E-state index in [-0.39, 0.29) is 24.1 Å². The number of rotatable bonds is 5. The third-order valence-corrected chi connectivity index (χ3v) is 7.52. The maximum atomic E-state index is 13.2. The second kappa shape index (κ2) is 8.98. The molecule has 176 valence electrons. The van der Waals surface area contributed by atoms with Gasteiger partial charge in [0.25, 0.3) is 5.91 Å². The SMILES string of the molecule is CC.O=C1c2cc3c(cc2C2(CC2)N1CCC1CCN(Cc2ccc(F)cc2)CC1)OCO3. The molecule has 1 aliphatic carbocycles. The van der Waals surface area contributed by atoms with Gasteiger partial charge >= 0.3 is 0 Å². The van der Waals surface area contributed by atoms with Crippen LogP contribution in [0, 0.1) is 11.7 Å². The average Bonchev–Trinajstić information content (AvgIpc) is 3.45. The normalized spacial score (nSPS) is 20.6. The Bertz CT molecular complexity index is 1010. The topological polar surface area (TPSA) is 42.0 Å². The molecule has 1 spiro atoms. The van der Waals surface area contributed by atoms with Crippen molar-refractivity contribution >= 4 is 5.91 Å². The molecule has 1 saturated carbocycles. The lowest BCUT2D eigenvalue weighted by atomic mass is 9.92. The lowest BCUT2D eigenvalue weighted by Crippen LogP contribution is -2.37. The number of amides is 1. The van der Waals surface area contributed by atoms with E-state index >= 15 is 0 Å². The number of piperidine rings is 1. The Morgan fingerprint density at radius 3 is 2.36 bits per heavy atom. The van der Waals surface area contributed by atoms with Gasteiger partial charge in [-0.15, -0.1) is 0 Å². The zero-order valence-electron chi connectivity index (χ0n) is 19.6. The molecule has 5 nitrogen and oxygen atoms in total. The molecule has 0 unspecified atom stereocenters. The first-order chi connectivity index (χ1) is 16.1. The molecule has 0 N–H and O–H groups in total. The van der Waals surface area contributed by atoms with Crippen LogP contribution in [0.4, 0.5) is 4.39 Å². The minimum atomic E-state index is -0.181. The fourth-order valence-electron chi connectivity index (χ4n) is 5.56. The first kappa shape index (κ1) is 22.2. The van der Waals surface area contributed by atoms with Crippen molar-refractivity contribution in [2.24, 2.45) is 5.92 Å². The summed E-state index contributed by atoms with van der Waals surface area (Å²) in [6.45, 7) is 8.06. The first-order valence-corrected chi connectivity index (χ1v) is 12.4. The molecule has 2 aromatic carbocycles. The van der Waals surface area contributed by atoms with Gasteiger partial charge in [-0.1, -0.05) is 26.0 Å². The van der Waals surface area contributed by atoms with Crippen LogP contribution in [0.25, 0.3) is 0 Å². The largest absolute Gasteiger partial charge is 0.454 e. The van der Waals surface area contributed by atoms with Crippen molar-refractivity contribution in [3.8, 4) is 11.5 Å². The summed E-state index contributed by atoms with van der Waals surface area (Å²) in [6.07, 6.45) is 5.44. The molecule has 4 aliphatic rings. The highest BCUT2D eigenvalue weighted by molar-refractivity contribution is 6.01. The van der Waals surface area contributed by atoms with E-state index in [0.717, 1.165) is 80.7 Å². The van der Waals surface area contributed by atoms with Gasteiger partial charge in [0.15, 0.2) is 11.5 Å². The molecule has 0 bridgehead atoms. The molecule has 3 aliphatic heterocycles. The van der Waals surface area contributed by atoms with Crippen LogP contribution in [0.3, 0.4) is 0 Å². The number of hydrogen-bond donors (Lipinski definition) is 0. The molecule has 33 heavy (non-hydrogen) atoms. The number of carbonyl (C=O) groups excluding carboxylic acids is 1. The summed E-state index contributed by atoms with van der Waals surface area (Å²) in [5.41, 5.74) is 3.00. The predicted molar refractivity (Wildman–Crippen MR) is 125 cm³/mol. The molecule has 1 amide bonds. The Balaban J connectivity index is 0.00000111. The van der Waals surface area contributed by atoms with Crippen molar-refractivity contribution in [3.63, 3.8) is 0 Å². The summed E-state index contributed by atoms with van der Waals surface area (Å²) in [5, 5.41) is 0. The van der Waals surface area contributed by atoms with Crippen molar-refractivity contribution in [3.05, 3.63) is 58.9 Å². The van der Waals surface area contributed by atoms with E-state index < -0.39 is 0 Å². The highest BCUT2D eigenvalue weighted by Gasteiger charge is 2.58. The minimum absolute atomic E-state index is 0.101. The summed E-state index contributed by atoms with van der Waals surface area (Å²) in [4.78, 5) is 17.8. The maximum absolute atomic E-state index is 13.2. The van der Waals surface area contributed by atoms with Crippen LogP contribution >= 0.6 is 0 Å². The Morgan fingerprint density at radius 2 is 1.70 bits per heavy atom. The van der Waals surface area contributed by atoms with E-state index in [2.05, 4.69) is 9.80 Å². The van der Waals surface area contributed by atoms with Crippen molar-refractivity contribution in [2.45, 2.75) is 58.0 Å². The number of benzene rings is 2. The van der Waals surface area contributed by atoms with Crippen LogP contribution in [-0.4, -0.2) is 42.1 Å². The fourth-order valence-corrected chi connectivity index (χ4v) is 5.56. The number of hydrogen-bond acceptors (Lipinski definition) is 4. The maximum Gasteiger partial charge on any atom is 0.255 e. The third-order valence-electron chi connectivity index (χ3n) is 7.52. The van der Waals surface area contributed by atoms with Gasteiger partial charge in [-0.25, -0.2) is 4.39 Å². The number of ether oxygens (including phenoxy) is 2. The van der Waals surface area contributed by atoms with Gasteiger partial charge in [0.1, 0.15) is 5.82 Å². The van der Waals surface area contributed by atoms with E-state index in [4.69, 9.17) is 9.47 Å². The van der Waals surface area contributed by atoms with Gasteiger partial charge in [-0.05, 0) is 86.5 Å². The van der Waals surface area contributed by atoms with Crippen LogP contribution in [0.15, 0.2) is 36.4 Å². The van der Waals surface area contributed by atoms with Gasteiger partial charge in [0, 0.05) is 18.7 Å². The molecule has 3 heterocycles. The number of halogens is 1. The summed E-state index contributed by atoms with van der Waals surface area (Å²) in [5.74, 6) is 2.08. The van der Waals surface area contributed by atoms with Crippen LogP contribution < -0.4 is 9.47 Å². The van der Waals surface area contributed by atoms with Crippen LogP contribution in [-0.2, 0) is 12.1 Å². The third kappa shape index (κ3) is 4.10. The zero-order chi connectivity index (χ0) is 23.0. The second-order valence-electron chi connectivity index (χ2n) is 9.37. The number of nitrogens with zero attached hydrogens (tertiary/aromatic N) is 2. The standard InChI is InChI=1S/C25H27FN2O3.C2H6/c26-19-3-1-18(2-4-19)15-27-10-5-17(6-11-27)7-12-28-24(29)20-13-22-23(31-16-30-22)14-21(20)25(28)8-9-25;1-2/h1-4,13-14,17H,5-12,15-16H2;1-2H3. The molecular formula is C27H33FN2O3. The monoisotopic (exact) mass is 452 g/mol. The zero-order valence-corrected chi connectivity index (χ0v) is 19.6. The van der Waals surface area contributed by atoms with E-state index in [1.165, 1.54) is 12.1 Å². The summed E-state index contributed by atoms with van der Waals surface area (Å²) < 4.78 is 24.2. The van der Waals surface area contributed by atoms with E-state index in [1.54, 1.807) is 0 Å². The lowest BCUT2D eigenvalue weighted by molar-refractivity contribution is 0.0671. The first-order valence-electron chi connectivity index (χ1n) is 12.4. The van der Waals surface area contributed by atoms with E-state index in [1.807, 2.05) is 38.1 Å². The van der Waals surface area contributed by atoms with Gasteiger partial charge < -0.3 is 14.4 Å². The molecule has 0 atom stereocenters. The highest BCUT2D eigenvalue weighted by Crippen LogP contribution is 2.58. The lowest BCUT2D eigenvalue weighted by Gasteiger charge is -2.33. The Labute approximate surface area is 195 Å². The van der Waals surface area contributed by atoms with Gasteiger partial charge in [0.05, 0.1) is 5.54 Å². The van der Waals surface area contributed by atoms with Crippen molar-refractivity contribution < 1.29 is 18.7 Å². The van der Waals surface area contributed by atoms with Gasteiger partial charge in [-0.2, -0.15) is 0 Å². The summed E-state index contributed by atoms with van der Waals surface area (Å²) in [6, 6.07) is 10.7. The fraction of sp³-hybridized carbons (Fsp3) is 0.519. The molecule has 2 aromatic rings. The molecular weight excluding hydrogens is 419 g/mol. The molecule has 2 fully saturated rings. The number of carbonyl (C=O) groups is 1. The molecule has 0 radical (unpaired) electrons. The van der Waals surface area contributed by atoms with Crippen molar-refractivity contribution in [1.82, 2.24) is 9.80 Å².